The SMILES string of the molecule is CCCc1ccc(C(O)CNCCN(CC)CC)cc1. The first-order valence-corrected chi connectivity index (χ1v) is 7.91. The molecule has 0 aromatic heterocycles. The third-order valence-corrected chi connectivity index (χ3v) is 3.74. The van der Waals surface area contributed by atoms with Crippen molar-refractivity contribution in [2.24, 2.45) is 0 Å². The number of hydrogen-bond donors (Lipinski definition) is 2. The Balaban J connectivity index is 2.29. The lowest BCUT2D eigenvalue weighted by molar-refractivity contribution is 0.172. The molecule has 1 aromatic rings. The minimum Gasteiger partial charge on any atom is -0.387 e. The van der Waals surface area contributed by atoms with Gasteiger partial charge in [0.25, 0.3) is 0 Å². The predicted molar refractivity (Wildman–Crippen MR) is 86.1 cm³/mol. The molecule has 1 unspecified atom stereocenters. The summed E-state index contributed by atoms with van der Waals surface area (Å²) >= 11 is 0. The fraction of sp³-hybridized carbons (Fsp3) is 0.647. The van der Waals surface area contributed by atoms with Gasteiger partial charge < -0.3 is 15.3 Å². The van der Waals surface area contributed by atoms with Crippen molar-refractivity contribution in [3.05, 3.63) is 35.4 Å². The number of rotatable bonds is 10. The summed E-state index contributed by atoms with van der Waals surface area (Å²) in [5, 5.41) is 13.5. The van der Waals surface area contributed by atoms with Crippen molar-refractivity contribution in [1.82, 2.24) is 10.2 Å². The average molecular weight is 278 g/mol. The van der Waals surface area contributed by atoms with E-state index in [0.717, 1.165) is 44.6 Å². The first kappa shape index (κ1) is 17.2. The van der Waals surface area contributed by atoms with Crippen molar-refractivity contribution in [2.75, 3.05) is 32.7 Å². The number of aliphatic hydroxyl groups is 1. The fourth-order valence-corrected chi connectivity index (χ4v) is 2.33. The van der Waals surface area contributed by atoms with Crippen molar-refractivity contribution >= 4 is 0 Å². The zero-order valence-electron chi connectivity index (χ0n) is 13.2. The normalized spacial score (nSPS) is 12.8. The van der Waals surface area contributed by atoms with Crippen LogP contribution in [0.25, 0.3) is 0 Å². The van der Waals surface area contributed by atoms with E-state index in [-0.39, 0.29) is 0 Å². The largest absolute Gasteiger partial charge is 0.387 e. The molecule has 2 N–H and O–H groups in total. The number of benzene rings is 1. The predicted octanol–water partition coefficient (Wildman–Crippen LogP) is 2.60. The monoisotopic (exact) mass is 278 g/mol. The number of likely N-dealkylation sites (N-methyl/N-ethyl adjacent to an activating group) is 1. The molecule has 3 heteroatoms. The van der Waals surface area contributed by atoms with Crippen LogP contribution in [0, 0.1) is 0 Å². The van der Waals surface area contributed by atoms with Gasteiger partial charge in [-0.2, -0.15) is 0 Å². The van der Waals surface area contributed by atoms with Gasteiger partial charge in [-0.3, -0.25) is 0 Å². The first-order chi connectivity index (χ1) is 9.71. The summed E-state index contributed by atoms with van der Waals surface area (Å²) < 4.78 is 0. The van der Waals surface area contributed by atoms with Gasteiger partial charge in [-0.15, -0.1) is 0 Å². The zero-order chi connectivity index (χ0) is 14.8. The van der Waals surface area contributed by atoms with Gasteiger partial charge in [0.05, 0.1) is 6.10 Å². The molecule has 1 atom stereocenters. The van der Waals surface area contributed by atoms with Gasteiger partial charge in [-0.1, -0.05) is 51.5 Å². The van der Waals surface area contributed by atoms with Gasteiger partial charge in [-0.25, -0.2) is 0 Å². The van der Waals surface area contributed by atoms with Gasteiger partial charge in [0.2, 0.25) is 0 Å². The molecule has 0 fully saturated rings. The van der Waals surface area contributed by atoms with Gasteiger partial charge in [0.1, 0.15) is 0 Å². The summed E-state index contributed by atoms with van der Waals surface area (Å²) in [6.07, 6.45) is 1.86. The van der Waals surface area contributed by atoms with Crippen molar-refractivity contribution in [2.45, 2.75) is 39.7 Å². The minimum atomic E-state index is -0.414. The molecule has 114 valence electrons. The molecule has 0 saturated carbocycles. The van der Waals surface area contributed by atoms with E-state index < -0.39 is 6.10 Å². The van der Waals surface area contributed by atoms with Crippen LogP contribution in [-0.2, 0) is 6.42 Å². The molecule has 1 aromatic carbocycles. The molecule has 0 heterocycles. The topological polar surface area (TPSA) is 35.5 Å². The van der Waals surface area contributed by atoms with Crippen LogP contribution in [0.1, 0.15) is 44.4 Å². The van der Waals surface area contributed by atoms with E-state index in [9.17, 15) is 5.11 Å². The second kappa shape index (κ2) is 9.92. The van der Waals surface area contributed by atoms with E-state index in [0.29, 0.717) is 6.54 Å². The Kier molecular flexibility index (Phi) is 8.51. The maximum absolute atomic E-state index is 10.1. The lowest BCUT2D eigenvalue weighted by Crippen LogP contribution is -2.33. The molecule has 0 aliphatic carbocycles. The van der Waals surface area contributed by atoms with E-state index >= 15 is 0 Å². The molecule has 0 aliphatic heterocycles. The van der Waals surface area contributed by atoms with E-state index in [1.807, 2.05) is 12.1 Å². The Labute approximate surface area is 124 Å². The Morgan fingerprint density at radius 3 is 2.30 bits per heavy atom. The van der Waals surface area contributed by atoms with E-state index in [2.05, 4.69) is 43.1 Å². The van der Waals surface area contributed by atoms with Gasteiger partial charge in [0.15, 0.2) is 0 Å². The molecule has 3 nitrogen and oxygen atoms in total. The molecule has 20 heavy (non-hydrogen) atoms. The second-order valence-corrected chi connectivity index (χ2v) is 5.24. The number of nitrogens with one attached hydrogen (secondary N) is 1. The molecule has 0 saturated heterocycles. The summed E-state index contributed by atoms with van der Waals surface area (Å²) in [6.45, 7) is 11.3. The zero-order valence-corrected chi connectivity index (χ0v) is 13.2. The molecule has 0 amide bonds. The molecule has 0 aliphatic rings. The van der Waals surface area contributed by atoms with Crippen LogP contribution in [-0.4, -0.2) is 42.7 Å². The van der Waals surface area contributed by atoms with Gasteiger partial charge >= 0.3 is 0 Å². The lowest BCUT2D eigenvalue weighted by Gasteiger charge is -2.19. The molecular weight excluding hydrogens is 248 g/mol. The summed E-state index contributed by atoms with van der Waals surface area (Å²) in [7, 11) is 0. The number of hydrogen-bond acceptors (Lipinski definition) is 3. The van der Waals surface area contributed by atoms with Crippen molar-refractivity contribution in [3.63, 3.8) is 0 Å². The summed E-state index contributed by atoms with van der Waals surface area (Å²) in [4.78, 5) is 2.37. The average Bonchev–Trinajstić information content (AvgIpc) is 2.48. The third kappa shape index (κ3) is 6.04. The van der Waals surface area contributed by atoms with Crippen molar-refractivity contribution in [3.8, 4) is 0 Å². The van der Waals surface area contributed by atoms with Crippen LogP contribution in [0.5, 0.6) is 0 Å². The summed E-state index contributed by atoms with van der Waals surface area (Å²) in [6, 6.07) is 8.33. The molecule has 0 bridgehead atoms. The van der Waals surface area contributed by atoms with E-state index in [1.54, 1.807) is 0 Å². The van der Waals surface area contributed by atoms with Crippen LogP contribution < -0.4 is 5.32 Å². The van der Waals surface area contributed by atoms with E-state index in [4.69, 9.17) is 0 Å². The molecule has 1 rings (SSSR count). The fourth-order valence-electron chi connectivity index (χ4n) is 2.33. The Hall–Kier alpha value is -0.900. The standard InChI is InChI=1S/C17H30N2O/c1-4-7-15-8-10-16(11-9-15)17(20)14-18-12-13-19(5-2)6-3/h8-11,17-18,20H,4-7,12-14H2,1-3H3. The quantitative estimate of drug-likeness (QED) is 0.646. The Morgan fingerprint density at radius 1 is 1.10 bits per heavy atom. The summed E-state index contributed by atoms with van der Waals surface area (Å²) in [5.74, 6) is 0. The number of aryl methyl sites for hydroxylation is 1. The smallest absolute Gasteiger partial charge is 0.0914 e. The first-order valence-electron chi connectivity index (χ1n) is 7.91. The molecule has 0 spiro atoms. The summed E-state index contributed by atoms with van der Waals surface area (Å²) in [5.41, 5.74) is 2.35. The maximum Gasteiger partial charge on any atom is 0.0914 e. The lowest BCUT2D eigenvalue weighted by atomic mass is 10.0. The molecular formula is C17H30N2O. The Bertz CT molecular complexity index is 347. The van der Waals surface area contributed by atoms with Crippen molar-refractivity contribution in [1.29, 1.82) is 0 Å². The van der Waals surface area contributed by atoms with Crippen LogP contribution in [0.4, 0.5) is 0 Å². The highest BCUT2D eigenvalue weighted by Crippen LogP contribution is 2.13. The van der Waals surface area contributed by atoms with Gasteiger partial charge in [-0.05, 0) is 30.6 Å². The van der Waals surface area contributed by atoms with Crippen LogP contribution in [0.15, 0.2) is 24.3 Å². The third-order valence-electron chi connectivity index (χ3n) is 3.74. The van der Waals surface area contributed by atoms with Crippen LogP contribution in [0.2, 0.25) is 0 Å². The highest BCUT2D eigenvalue weighted by atomic mass is 16.3. The van der Waals surface area contributed by atoms with Crippen molar-refractivity contribution < 1.29 is 5.11 Å². The van der Waals surface area contributed by atoms with Crippen LogP contribution in [0.3, 0.4) is 0 Å². The highest BCUT2D eigenvalue weighted by molar-refractivity contribution is 5.24. The number of aliphatic hydroxyl groups excluding tert-OH is 1. The minimum absolute atomic E-state index is 0.414. The maximum atomic E-state index is 10.1. The molecule has 0 radical (unpaired) electrons. The van der Waals surface area contributed by atoms with E-state index in [1.165, 1.54) is 5.56 Å². The van der Waals surface area contributed by atoms with Crippen LogP contribution >= 0.6 is 0 Å². The highest BCUT2D eigenvalue weighted by Gasteiger charge is 2.07. The second-order valence-electron chi connectivity index (χ2n) is 5.24. The number of nitrogens with zero attached hydrogens (tertiary/aromatic N) is 1. The Morgan fingerprint density at radius 2 is 1.75 bits per heavy atom. The van der Waals surface area contributed by atoms with Gasteiger partial charge in [0, 0.05) is 19.6 Å².